The number of hydrogen-bond donors (Lipinski definition) is 1. The van der Waals surface area contributed by atoms with E-state index < -0.39 is 32.9 Å². The van der Waals surface area contributed by atoms with Crippen LogP contribution in [-0.4, -0.2) is 25.1 Å². The number of fused-ring (bicyclic) bond motifs is 1. The minimum Gasteiger partial charge on any atom is -0.472 e. The van der Waals surface area contributed by atoms with Gasteiger partial charge in [0, 0.05) is 17.7 Å². The quantitative estimate of drug-likeness (QED) is 0.241. The van der Waals surface area contributed by atoms with Gasteiger partial charge in [0.05, 0.1) is 28.7 Å². The van der Waals surface area contributed by atoms with Crippen LogP contribution in [0.15, 0.2) is 97.9 Å². The van der Waals surface area contributed by atoms with Gasteiger partial charge in [-0.2, -0.15) is 13.2 Å². The Morgan fingerprint density at radius 2 is 1.67 bits per heavy atom. The maximum Gasteiger partial charge on any atom is 0.439 e. The standard InChI is InChI=1S/C30H24F3N3O5S/c1-29(2)15-21-13-19(18-3-6-22(7-4-18)30(31,32)33)5-10-26(21)36(17-29)42(38,39)23-8-9-24(27-34-28(37)41-35-27)25(14-23)20-11-12-40-16-20/h3-14,16H,15,17H2,1-2H3,(H,34,35,37). The zero-order valence-corrected chi connectivity index (χ0v) is 23.2. The molecular formula is C30H24F3N3O5S. The molecule has 1 aliphatic rings. The lowest BCUT2D eigenvalue weighted by Crippen LogP contribution is -2.44. The molecule has 0 bridgehead atoms. The predicted molar refractivity (Wildman–Crippen MR) is 149 cm³/mol. The van der Waals surface area contributed by atoms with Gasteiger partial charge >= 0.3 is 11.9 Å². The van der Waals surface area contributed by atoms with Crippen molar-refractivity contribution in [2.45, 2.75) is 31.3 Å². The fraction of sp³-hybridized carbons (Fsp3) is 0.200. The summed E-state index contributed by atoms with van der Waals surface area (Å²) in [6, 6.07) is 16.3. The van der Waals surface area contributed by atoms with Crippen LogP contribution in [0.3, 0.4) is 0 Å². The van der Waals surface area contributed by atoms with Gasteiger partial charge in [0.15, 0.2) is 5.82 Å². The monoisotopic (exact) mass is 595 g/mol. The number of benzene rings is 3. The maximum absolute atomic E-state index is 14.2. The summed E-state index contributed by atoms with van der Waals surface area (Å²) in [7, 11) is -4.09. The SMILES string of the molecule is CC1(C)Cc2cc(-c3ccc(C(F)(F)F)cc3)ccc2N(S(=O)(=O)c2ccc(-c3noc(=O)[nH]3)c(-c3ccoc3)c2)C1. The maximum atomic E-state index is 14.2. The van der Waals surface area contributed by atoms with Gasteiger partial charge in [0.1, 0.15) is 0 Å². The first-order chi connectivity index (χ1) is 19.8. The number of anilines is 1. The largest absolute Gasteiger partial charge is 0.472 e. The van der Waals surface area contributed by atoms with Gasteiger partial charge in [-0.25, -0.2) is 13.2 Å². The Labute approximate surface area is 238 Å². The summed E-state index contributed by atoms with van der Waals surface area (Å²) >= 11 is 0. The first-order valence-corrected chi connectivity index (χ1v) is 14.3. The molecule has 0 atom stereocenters. The number of rotatable bonds is 5. The third-order valence-electron chi connectivity index (χ3n) is 7.24. The number of aromatic amines is 1. The summed E-state index contributed by atoms with van der Waals surface area (Å²) < 4.78 is 78.8. The highest BCUT2D eigenvalue weighted by Crippen LogP contribution is 2.42. The van der Waals surface area contributed by atoms with Crippen LogP contribution in [0.5, 0.6) is 0 Å². The number of furan rings is 1. The van der Waals surface area contributed by atoms with Gasteiger partial charge in [-0.15, -0.1) is 0 Å². The van der Waals surface area contributed by atoms with Crippen molar-refractivity contribution in [3.05, 3.63) is 101 Å². The molecule has 5 aromatic rings. The summed E-state index contributed by atoms with van der Waals surface area (Å²) in [5.74, 6) is -0.608. The fourth-order valence-electron chi connectivity index (χ4n) is 5.28. The molecule has 0 amide bonds. The Morgan fingerprint density at radius 3 is 2.31 bits per heavy atom. The van der Waals surface area contributed by atoms with Crippen molar-refractivity contribution in [2.24, 2.45) is 5.41 Å². The van der Waals surface area contributed by atoms with E-state index in [9.17, 15) is 26.4 Å². The highest BCUT2D eigenvalue weighted by atomic mass is 32.2. The molecule has 1 aliphatic heterocycles. The molecule has 0 radical (unpaired) electrons. The highest BCUT2D eigenvalue weighted by Gasteiger charge is 2.38. The molecule has 216 valence electrons. The molecular weight excluding hydrogens is 571 g/mol. The van der Waals surface area contributed by atoms with Crippen molar-refractivity contribution in [1.82, 2.24) is 10.1 Å². The molecule has 12 heteroatoms. The molecule has 0 saturated carbocycles. The zero-order valence-electron chi connectivity index (χ0n) is 22.4. The summed E-state index contributed by atoms with van der Waals surface area (Å²) in [5, 5.41) is 3.75. The van der Waals surface area contributed by atoms with E-state index in [-0.39, 0.29) is 17.3 Å². The fourth-order valence-corrected chi connectivity index (χ4v) is 7.00. The molecule has 0 fully saturated rings. The van der Waals surface area contributed by atoms with Gasteiger partial charge in [-0.3, -0.25) is 13.8 Å². The van der Waals surface area contributed by atoms with Gasteiger partial charge in [-0.1, -0.05) is 37.2 Å². The van der Waals surface area contributed by atoms with Crippen molar-refractivity contribution < 1.29 is 30.5 Å². The Balaban J connectivity index is 1.42. The zero-order chi connectivity index (χ0) is 29.9. The Hall–Kier alpha value is -4.58. The van der Waals surface area contributed by atoms with E-state index in [1.54, 1.807) is 24.3 Å². The second kappa shape index (κ2) is 9.76. The van der Waals surface area contributed by atoms with E-state index in [1.165, 1.54) is 41.1 Å². The van der Waals surface area contributed by atoms with Crippen LogP contribution in [0.1, 0.15) is 25.0 Å². The van der Waals surface area contributed by atoms with Crippen LogP contribution in [-0.2, 0) is 22.6 Å². The third-order valence-corrected chi connectivity index (χ3v) is 9.00. The second-order valence-electron chi connectivity index (χ2n) is 10.9. The first-order valence-electron chi connectivity index (χ1n) is 12.9. The second-order valence-corrected chi connectivity index (χ2v) is 12.8. The predicted octanol–water partition coefficient (Wildman–Crippen LogP) is 6.75. The van der Waals surface area contributed by atoms with Crippen LogP contribution < -0.4 is 10.1 Å². The van der Waals surface area contributed by atoms with E-state index in [0.29, 0.717) is 39.9 Å². The smallest absolute Gasteiger partial charge is 0.439 e. The minimum absolute atomic E-state index is 0.0174. The number of H-pyrrole nitrogens is 1. The van der Waals surface area contributed by atoms with Gasteiger partial charge < -0.3 is 4.42 Å². The molecule has 2 aromatic heterocycles. The Kier molecular flexibility index (Phi) is 6.41. The number of aromatic nitrogens is 2. The average molecular weight is 596 g/mol. The first kappa shape index (κ1) is 27.6. The number of halogens is 3. The molecule has 1 N–H and O–H groups in total. The number of hydrogen-bond acceptors (Lipinski definition) is 6. The number of nitrogens with zero attached hydrogens (tertiary/aromatic N) is 2. The van der Waals surface area contributed by atoms with Crippen LogP contribution in [0.2, 0.25) is 0 Å². The van der Waals surface area contributed by atoms with E-state index in [4.69, 9.17) is 4.42 Å². The summed E-state index contributed by atoms with van der Waals surface area (Å²) in [4.78, 5) is 14.1. The molecule has 3 heterocycles. The molecule has 0 unspecified atom stereocenters. The van der Waals surface area contributed by atoms with Crippen molar-refractivity contribution in [2.75, 3.05) is 10.8 Å². The molecule has 6 rings (SSSR count). The van der Waals surface area contributed by atoms with Gasteiger partial charge in [0.25, 0.3) is 10.0 Å². The lowest BCUT2D eigenvalue weighted by Gasteiger charge is -2.40. The molecule has 0 aliphatic carbocycles. The van der Waals surface area contributed by atoms with E-state index in [0.717, 1.165) is 17.7 Å². The molecule has 42 heavy (non-hydrogen) atoms. The van der Waals surface area contributed by atoms with Crippen LogP contribution in [0.4, 0.5) is 18.9 Å². The summed E-state index contributed by atoms with van der Waals surface area (Å²) in [6.45, 7) is 4.13. The van der Waals surface area contributed by atoms with Crippen LogP contribution in [0, 0.1) is 5.41 Å². The summed E-state index contributed by atoms with van der Waals surface area (Å²) in [6.07, 6.45) is -0.963. The van der Waals surface area contributed by atoms with Crippen molar-refractivity contribution in [3.63, 3.8) is 0 Å². The Bertz CT molecular complexity index is 1940. The highest BCUT2D eigenvalue weighted by molar-refractivity contribution is 7.92. The van der Waals surface area contributed by atoms with Crippen molar-refractivity contribution in [1.29, 1.82) is 0 Å². The van der Waals surface area contributed by atoms with Crippen molar-refractivity contribution >= 4 is 15.7 Å². The molecule has 0 spiro atoms. The van der Waals surface area contributed by atoms with Crippen LogP contribution >= 0.6 is 0 Å². The van der Waals surface area contributed by atoms with E-state index in [2.05, 4.69) is 14.7 Å². The lowest BCUT2D eigenvalue weighted by molar-refractivity contribution is -0.137. The van der Waals surface area contributed by atoms with Crippen LogP contribution in [0.25, 0.3) is 33.6 Å². The van der Waals surface area contributed by atoms with Gasteiger partial charge in [-0.05, 0) is 82.6 Å². The number of nitrogens with one attached hydrogen (secondary N) is 1. The van der Waals surface area contributed by atoms with Crippen molar-refractivity contribution in [3.8, 4) is 33.6 Å². The summed E-state index contributed by atoms with van der Waals surface area (Å²) in [5.41, 5.74) is 2.85. The third kappa shape index (κ3) is 5.02. The van der Waals surface area contributed by atoms with E-state index in [1.807, 2.05) is 19.9 Å². The average Bonchev–Trinajstić information content (AvgIpc) is 3.63. The van der Waals surface area contributed by atoms with Gasteiger partial charge in [0.2, 0.25) is 0 Å². The number of alkyl halides is 3. The lowest BCUT2D eigenvalue weighted by atomic mass is 9.81. The normalized spacial score (nSPS) is 15.0. The molecule has 0 saturated heterocycles. The minimum atomic E-state index is -4.44. The van der Waals surface area contributed by atoms with E-state index >= 15 is 0 Å². The topological polar surface area (TPSA) is 109 Å². The Morgan fingerprint density at radius 1 is 0.929 bits per heavy atom. The number of sulfonamides is 1. The molecule has 8 nitrogen and oxygen atoms in total. The molecule has 3 aromatic carbocycles.